The van der Waals surface area contributed by atoms with Gasteiger partial charge in [0.1, 0.15) is 16.1 Å². The maximum absolute atomic E-state index is 12.6. The fourth-order valence-corrected chi connectivity index (χ4v) is 3.51. The van der Waals surface area contributed by atoms with E-state index in [1.807, 2.05) is 31.2 Å². The van der Waals surface area contributed by atoms with E-state index in [0.717, 1.165) is 17.7 Å². The summed E-state index contributed by atoms with van der Waals surface area (Å²) < 4.78 is 10.6. The number of rotatable bonds is 6. The molecule has 128 valence electrons. The molecule has 1 aliphatic rings. The number of benzene rings is 1. The van der Waals surface area contributed by atoms with Crippen molar-refractivity contribution in [1.82, 2.24) is 4.90 Å². The van der Waals surface area contributed by atoms with Gasteiger partial charge < -0.3 is 9.47 Å². The Bertz CT molecular complexity index is 670. The third-order valence-corrected chi connectivity index (χ3v) is 4.74. The summed E-state index contributed by atoms with van der Waals surface area (Å²) in [6.07, 6.45) is 2.48. The summed E-state index contributed by atoms with van der Waals surface area (Å²) in [7, 11) is 1.60. The summed E-state index contributed by atoms with van der Waals surface area (Å²) in [4.78, 5) is 26.4. The van der Waals surface area contributed by atoms with Crippen LogP contribution >= 0.6 is 24.0 Å². The summed E-state index contributed by atoms with van der Waals surface area (Å²) >= 11 is 6.44. The van der Waals surface area contributed by atoms with E-state index in [0.29, 0.717) is 15.8 Å². The van der Waals surface area contributed by atoms with Gasteiger partial charge in [-0.3, -0.25) is 9.69 Å². The third-order valence-electron chi connectivity index (χ3n) is 3.41. The number of thioether (sulfide) groups is 1. The number of hydrogen-bond donors (Lipinski definition) is 0. The van der Waals surface area contributed by atoms with Gasteiger partial charge in [-0.15, -0.1) is 0 Å². The van der Waals surface area contributed by atoms with Crippen molar-refractivity contribution < 1.29 is 19.1 Å². The fourth-order valence-electron chi connectivity index (χ4n) is 2.09. The molecule has 1 heterocycles. The Labute approximate surface area is 151 Å². The van der Waals surface area contributed by atoms with Crippen LogP contribution in [0.5, 0.6) is 5.75 Å². The second kappa shape index (κ2) is 8.30. The van der Waals surface area contributed by atoms with Crippen LogP contribution in [0.25, 0.3) is 6.08 Å². The molecule has 24 heavy (non-hydrogen) atoms. The molecule has 0 bridgehead atoms. The van der Waals surface area contributed by atoms with Gasteiger partial charge in [-0.1, -0.05) is 43.0 Å². The molecule has 1 aromatic rings. The zero-order valence-corrected chi connectivity index (χ0v) is 15.4. The number of hydrogen-bond acceptors (Lipinski definition) is 6. The van der Waals surface area contributed by atoms with Gasteiger partial charge in [0.25, 0.3) is 5.91 Å². The molecule has 0 aliphatic carbocycles. The van der Waals surface area contributed by atoms with E-state index in [-0.39, 0.29) is 5.91 Å². The summed E-state index contributed by atoms with van der Waals surface area (Å²) in [5.41, 5.74) is 0.859. The van der Waals surface area contributed by atoms with Crippen LogP contribution in [0.3, 0.4) is 0 Å². The van der Waals surface area contributed by atoms with Gasteiger partial charge >= 0.3 is 5.97 Å². The van der Waals surface area contributed by atoms with E-state index < -0.39 is 12.0 Å². The minimum absolute atomic E-state index is 0.276. The van der Waals surface area contributed by atoms with Crippen molar-refractivity contribution in [3.05, 3.63) is 34.7 Å². The lowest BCUT2D eigenvalue weighted by molar-refractivity contribution is -0.150. The Kier molecular flexibility index (Phi) is 6.39. The lowest BCUT2D eigenvalue weighted by Crippen LogP contribution is -2.42. The normalized spacial score (nSPS) is 17.3. The Morgan fingerprint density at radius 1 is 1.38 bits per heavy atom. The van der Waals surface area contributed by atoms with Gasteiger partial charge in [0.05, 0.1) is 18.6 Å². The molecule has 0 saturated carbocycles. The zero-order chi connectivity index (χ0) is 17.7. The SMILES string of the molecule is CCCOC(=O)[C@H](C)N1C(=O)C(=Cc2ccc(OC)cc2)SC1=S. The maximum Gasteiger partial charge on any atom is 0.329 e. The predicted molar refractivity (Wildman–Crippen MR) is 98.7 cm³/mol. The first-order valence-corrected chi connectivity index (χ1v) is 8.78. The van der Waals surface area contributed by atoms with Crippen LogP contribution in [-0.4, -0.2) is 40.9 Å². The van der Waals surface area contributed by atoms with Crippen molar-refractivity contribution in [2.24, 2.45) is 0 Å². The molecule has 1 aliphatic heterocycles. The first-order valence-electron chi connectivity index (χ1n) is 7.55. The van der Waals surface area contributed by atoms with Gasteiger partial charge in [0.15, 0.2) is 0 Å². The Morgan fingerprint density at radius 2 is 2.04 bits per heavy atom. The van der Waals surface area contributed by atoms with Crippen molar-refractivity contribution in [3.63, 3.8) is 0 Å². The zero-order valence-electron chi connectivity index (χ0n) is 13.8. The molecule has 1 saturated heterocycles. The maximum atomic E-state index is 12.6. The highest BCUT2D eigenvalue weighted by Crippen LogP contribution is 2.34. The molecule has 1 aromatic carbocycles. The number of ether oxygens (including phenoxy) is 2. The van der Waals surface area contributed by atoms with Gasteiger partial charge in [-0.25, -0.2) is 4.79 Å². The molecule has 0 N–H and O–H groups in total. The number of thiocarbonyl (C=S) groups is 1. The minimum atomic E-state index is -0.731. The number of carbonyl (C=O) groups is 2. The number of esters is 1. The first kappa shape index (κ1) is 18.5. The van der Waals surface area contributed by atoms with E-state index >= 15 is 0 Å². The molecule has 1 amide bonds. The molecule has 5 nitrogen and oxygen atoms in total. The molecule has 0 radical (unpaired) electrons. The summed E-state index contributed by atoms with van der Waals surface area (Å²) in [5, 5.41) is 0. The highest BCUT2D eigenvalue weighted by molar-refractivity contribution is 8.26. The van der Waals surface area contributed by atoms with Crippen LogP contribution in [0.1, 0.15) is 25.8 Å². The molecular weight excluding hydrogens is 346 g/mol. The number of carbonyl (C=O) groups excluding carboxylic acids is 2. The van der Waals surface area contributed by atoms with Gasteiger partial charge in [-0.05, 0) is 37.1 Å². The van der Waals surface area contributed by atoms with Crippen molar-refractivity contribution in [1.29, 1.82) is 0 Å². The summed E-state index contributed by atoms with van der Waals surface area (Å²) in [6.45, 7) is 3.87. The molecule has 1 atom stereocenters. The lowest BCUT2D eigenvalue weighted by atomic mass is 10.2. The van der Waals surface area contributed by atoms with Crippen molar-refractivity contribution in [2.75, 3.05) is 13.7 Å². The molecule has 2 rings (SSSR count). The highest BCUT2D eigenvalue weighted by atomic mass is 32.2. The summed E-state index contributed by atoms with van der Waals surface area (Å²) in [6, 6.07) is 6.61. The topological polar surface area (TPSA) is 55.8 Å². The van der Waals surface area contributed by atoms with Gasteiger partial charge in [-0.2, -0.15) is 0 Å². The molecule has 0 aromatic heterocycles. The number of nitrogens with zero attached hydrogens (tertiary/aromatic N) is 1. The molecule has 1 fully saturated rings. The van der Waals surface area contributed by atoms with Crippen LogP contribution in [0, 0.1) is 0 Å². The Hall–Kier alpha value is -1.86. The second-order valence-corrected chi connectivity index (χ2v) is 6.84. The fraction of sp³-hybridized carbons (Fsp3) is 0.353. The summed E-state index contributed by atoms with van der Waals surface area (Å²) in [5.74, 6) is 0.0209. The monoisotopic (exact) mass is 365 g/mol. The minimum Gasteiger partial charge on any atom is -0.497 e. The standard InChI is InChI=1S/C17H19NO4S2/c1-4-9-22-16(20)11(2)18-15(19)14(24-17(18)23)10-12-5-7-13(21-3)8-6-12/h5-8,10-11H,4,9H2,1-3H3/t11-/m0/s1. The van der Waals surface area contributed by atoms with Crippen LogP contribution in [-0.2, 0) is 14.3 Å². The van der Waals surface area contributed by atoms with Crippen molar-refractivity contribution in [3.8, 4) is 5.75 Å². The van der Waals surface area contributed by atoms with Crippen LogP contribution < -0.4 is 4.74 Å². The van der Waals surface area contributed by atoms with E-state index in [9.17, 15) is 9.59 Å². The lowest BCUT2D eigenvalue weighted by Gasteiger charge is -2.21. The molecule has 0 spiro atoms. The number of methoxy groups -OCH3 is 1. The average Bonchev–Trinajstić information content (AvgIpc) is 2.86. The van der Waals surface area contributed by atoms with Crippen LogP contribution in [0.15, 0.2) is 29.2 Å². The van der Waals surface area contributed by atoms with Gasteiger partial charge in [0, 0.05) is 0 Å². The third kappa shape index (κ3) is 4.15. The van der Waals surface area contributed by atoms with Crippen molar-refractivity contribution >= 4 is 46.3 Å². The first-order chi connectivity index (χ1) is 11.5. The molecule has 0 unspecified atom stereocenters. The highest BCUT2D eigenvalue weighted by Gasteiger charge is 2.38. The van der Waals surface area contributed by atoms with E-state index in [1.54, 1.807) is 20.1 Å². The van der Waals surface area contributed by atoms with Crippen LogP contribution in [0.2, 0.25) is 0 Å². The molecule has 7 heteroatoms. The average molecular weight is 365 g/mol. The Morgan fingerprint density at radius 3 is 2.62 bits per heavy atom. The van der Waals surface area contributed by atoms with E-state index in [2.05, 4.69) is 0 Å². The van der Waals surface area contributed by atoms with Crippen molar-refractivity contribution in [2.45, 2.75) is 26.3 Å². The largest absolute Gasteiger partial charge is 0.497 e. The Balaban J connectivity index is 2.15. The smallest absolute Gasteiger partial charge is 0.329 e. The molecular formula is C17H19NO4S2. The predicted octanol–water partition coefficient (Wildman–Crippen LogP) is 3.24. The van der Waals surface area contributed by atoms with Crippen LogP contribution in [0.4, 0.5) is 0 Å². The number of amides is 1. The van der Waals surface area contributed by atoms with E-state index in [1.165, 1.54) is 16.7 Å². The van der Waals surface area contributed by atoms with E-state index in [4.69, 9.17) is 21.7 Å². The second-order valence-electron chi connectivity index (χ2n) is 5.17. The quantitative estimate of drug-likeness (QED) is 0.438. The van der Waals surface area contributed by atoms with Gasteiger partial charge in [0.2, 0.25) is 0 Å².